The van der Waals surface area contributed by atoms with Crippen LogP contribution in [0.3, 0.4) is 0 Å². The zero-order chi connectivity index (χ0) is 10.6. The number of unbranched alkanes of at least 4 members (excludes halogenated alkanes) is 2. The minimum atomic E-state index is 0.594. The van der Waals surface area contributed by atoms with Crippen LogP contribution < -0.4 is 0 Å². The van der Waals surface area contributed by atoms with Crippen LogP contribution in [0.2, 0.25) is 9.36 Å². The Morgan fingerprint density at radius 1 is 1.36 bits per heavy atom. The third-order valence-corrected chi connectivity index (χ3v) is 4.49. The molecule has 0 saturated carbocycles. The van der Waals surface area contributed by atoms with Gasteiger partial charge in [-0.2, -0.15) is 0 Å². The van der Waals surface area contributed by atoms with Crippen molar-refractivity contribution in [2.75, 3.05) is 0 Å². The third-order valence-electron chi connectivity index (χ3n) is 2.39. The Morgan fingerprint density at radius 3 is 2.57 bits per heavy atom. The van der Waals surface area contributed by atoms with Gasteiger partial charge >= 0.3 is 0 Å². The second-order valence-electron chi connectivity index (χ2n) is 3.67. The van der Waals surface area contributed by atoms with E-state index in [1.54, 1.807) is 11.3 Å². The number of rotatable bonds is 5. The molecule has 1 heterocycles. The minimum absolute atomic E-state index is 0.594. The first-order chi connectivity index (χ1) is 6.65. The Bertz CT molecular complexity index is 261. The quantitative estimate of drug-likeness (QED) is 0.585. The maximum atomic E-state index is 5.92. The summed E-state index contributed by atoms with van der Waals surface area (Å²) < 4.78 is 0.726. The predicted octanol–water partition coefficient (Wildman–Crippen LogP) is 5.74. The summed E-state index contributed by atoms with van der Waals surface area (Å²) in [5.41, 5.74) is 0. The highest BCUT2D eigenvalue weighted by molar-refractivity contribution is 7.17. The van der Waals surface area contributed by atoms with E-state index in [4.69, 9.17) is 23.2 Å². The van der Waals surface area contributed by atoms with Crippen molar-refractivity contribution in [1.82, 2.24) is 0 Å². The molecule has 1 rings (SSSR count). The zero-order valence-electron chi connectivity index (χ0n) is 8.65. The molecule has 0 aliphatic heterocycles. The van der Waals surface area contributed by atoms with Gasteiger partial charge in [-0.3, -0.25) is 0 Å². The molecular weight excluding hydrogens is 235 g/mol. The fraction of sp³-hybridized carbons (Fsp3) is 0.636. The van der Waals surface area contributed by atoms with Crippen LogP contribution in [0.4, 0.5) is 0 Å². The van der Waals surface area contributed by atoms with Crippen LogP contribution in [0, 0.1) is 0 Å². The summed E-state index contributed by atoms with van der Waals surface area (Å²) in [5, 5.41) is 0.703. The Morgan fingerprint density at radius 2 is 2.07 bits per heavy atom. The van der Waals surface area contributed by atoms with E-state index in [-0.39, 0.29) is 0 Å². The fourth-order valence-corrected chi connectivity index (χ4v) is 2.93. The van der Waals surface area contributed by atoms with Gasteiger partial charge in [0.15, 0.2) is 0 Å². The van der Waals surface area contributed by atoms with Gasteiger partial charge in [-0.15, -0.1) is 11.3 Å². The molecule has 14 heavy (non-hydrogen) atoms. The van der Waals surface area contributed by atoms with Crippen LogP contribution in [-0.2, 0) is 0 Å². The fourth-order valence-electron chi connectivity index (χ4n) is 1.45. The van der Waals surface area contributed by atoms with Gasteiger partial charge in [0.2, 0.25) is 0 Å². The number of halogens is 2. The van der Waals surface area contributed by atoms with E-state index >= 15 is 0 Å². The van der Waals surface area contributed by atoms with Crippen molar-refractivity contribution in [1.29, 1.82) is 0 Å². The molecule has 0 spiro atoms. The van der Waals surface area contributed by atoms with E-state index < -0.39 is 0 Å². The van der Waals surface area contributed by atoms with Crippen molar-refractivity contribution in [2.45, 2.75) is 45.4 Å². The summed E-state index contributed by atoms with van der Waals surface area (Å²) >= 11 is 13.4. The van der Waals surface area contributed by atoms with Gasteiger partial charge in [0.05, 0.1) is 5.02 Å². The summed E-state index contributed by atoms with van der Waals surface area (Å²) in [6.45, 7) is 4.47. The Labute approximate surface area is 100 Å². The first kappa shape index (κ1) is 12.4. The van der Waals surface area contributed by atoms with E-state index in [9.17, 15) is 0 Å². The van der Waals surface area contributed by atoms with Crippen molar-refractivity contribution in [3.63, 3.8) is 0 Å². The zero-order valence-corrected chi connectivity index (χ0v) is 11.0. The second-order valence-corrected chi connectivity index (χ2v) is 5.76. The molecule has 1 aromatic rings. The van der Waals surface area contributed by atoms with Crippen LogP contribution in [0.15, 0.2) is 6.07 Å². The average molecular weight is 251 g/mol. The average Bonchev–Trinajstić information content (AvgIpc) is 2.47. The highest BCUT2D eigenvalue weighted by Gasteiger charge is 2.11. The summed E-state index contributed by atoms with van der Waals surface area (Å²) in [6, 6.07) is 2.01. The Hall–Kier alpha value is 0.280. The summed E-state index contributed by atoms with van der Waals surface area (Å²) in [5.74, 6) is 0.594. The molecule has 0 radical (unpaired) electrons. The molecule has 0 saturated heterocycles. The molecule has 0 bridgehead atoms. The topological polar surface area (TPSA) is 0 Å². The standard InChI is InChI=1S/C11H16Cl2S/c1-3-4-5-6-8(2)10-7-9(12)11(13)14-10/h7-8H,3-6H2,1-2H3. The molecule has 0 aliphatic carbocycles. The molecule has 0 fully saturated rings. The van der Waals surface area contributed by atoms with Crippen LogP contribution >= 0.6 is 34.5 Å². The molecule has 3 heteroatoms. The molecule has 0 N–H and O–H groups in total. The molecule has 1 aromatic heterocycles. The van der Waals surface area contributed by atoms with Gasteiger partial charge in [0.25, 0.3) is 0 Å². The van der Waals surface area contributed by atoms with E-state index in [1.165, 1.54) is 30.6 Å². The predicted molar refractivity (Wildman–Crippen MR) is 66.9 cm³/mol. The first-order valence-electron chi connectivity index (χ1n) is 5.09. The maximum absolute atomic E-state index is 5.92. The van der Waals surface area contributed by atoms with Crippen molar-refractivity contribution in [3.8, 4) is 0 Å². The highest BCUT2D eigenvalue weighted by Crippen LogP contribution is 2.37. The van der Waals surface area contributed by atoms with Crippen LogP contribution in [0.5, 0.6) is 0 Å². The van der Waals surface area contributed by atoms with Gasteiger partial charge in [0, 0.05) is 4.88 Å². The van der Waals surface area contributed by atoms with Gasteiger partial charge in [-0.1, -0.05) is 56.3 Å². The molecule has 1 unspecified atom stereocenters. The number of thiophene rings is 1. The molecular formula is C11H16Cl2S. The lowest BCUT2D eigenvalue weighted by Gasteiger charge is -2.07. The monoisotopic (exact) mass is 250 g/mol. The second kappa shape index (κ2) is 5.99. The van der Waals surface area contributed by atoms with E-state index in [2.05, 4.69) is 13.8 Å². The van der Waals surface area contributed by atoms with Gasteiger partial charge in [0.1, 0.15) is 4.34 Å². The minimum Gasteiger partial charge on any atom is -0.127 e. The van der Waals surface area contributed by atoms with Crippen molar-refractivity contribution < 1.29 is 0 Å². The molecule has 80 valence electrons. The van der Waals surface area contributed by atoms with Gasteiger partial charge in [-0.05, 0) is 18.4 Å². The molecule has 0 amide bonds. The number of hydrogen-bond donors (Lipinski definition) is 0. The Balaban J connectivity index is 2.47. The lowest BCUT2D eigenvalue weighted by Crippen LogP contribution is -1.89. The van der Waals surface area contributed by atoms with Gasteiger partial charge < -0.3 is 0 Å². The van der Waals surface area contributed by atoms with Crippen LogP contribution in [-0.4, -0.2) is 0 Å². The van der Waals surface area contributed by atoms with E-state index in [1.807, 2.05) is 6.07 Å². The SMILES string of the molecule is CCCCCC(C)c1cc(Cl)c(Cl)s1. The van der Waals surface area contributed by atoms with E-state index in [0.717, 1.165) is 4.34 Å². The smallest absolute Gasteiger partial charge is 0.112 e. The largest absolute Gasteiger partial charge is 0.127 e. The summed E-state index contributed by atoms with van der Waals surface area (Å²) in [6.07, 6.45) is 5.13. The maximum Gasteiger partial charge on any atom is 0.112 e. The lowest BCUT2D eigenvalue weighted by atomic mass is 10.0. The van der Waals surface area contributed by atoms with Crippen LogP contribution in [0.25, 0.3) is 0 Å². The molecule has 0 aliphatic rings. The van der Waals surface area contributed by atoms with Gasteiger partial charge in [-0.25, -0.2) is 0 Å². The summed E-state index contributed by atoms with van der Waals surface area (Å²) in [7, 11) is 0. The van der Waals surface area contributed by atoms with Crippen molar-refractivity contribution >= 4 is 34.5 Å². The van der Waals surface area contributed by atoms with Crippen molar-refractivity contribution in [2.24, 2.45) is 0 Å². The lowest BCUT2D eigenvalue weighted by molar-refractivity contribution is 0.604. The molecule has 1 atom stereocenters. The number of hydrogen-bond acceptors (Lipinski definition) is 1. The third kappa shape index (κ3) is 3.45. The molecule has 0 aromatic carbocycles. The van der Waals surface area contributed by atoms with E-state index in [0.29, 0.717) is 10.9 Å². The molecule has 0 nitrogen and oxygen atoms in total. The summed E-state index contributed by atoms with van der Waals surface area (Å²) in [4.78, 5) is 1.32. The van der Waals surface area contributed by atoms with Crippen molar-refractivity contribution in [3.05, 3.63) is 20.3 Å². The normalized spacial score (nSPS) is 13.1. The Kier molecular flexibility index (Phi) is 5.29. The van der Waals surface area contributed by atoms with Crippen LogP contribution in [0.1, 0.15) is 50.3 Å². The first-order valence-corrected chi connectivity index (χ1v) is 6.67. The highest BCUT2D eigenvalue weighted by atomic mass is 35.5.